The smallest absolute Gasteiger partial charge is 0.338 e. The summed E-state index contributed by atoms with van der Waals surface area (Å²) in [5.41, 5.74) is 3.07. The lowest BCUT2D eigenvalue weighted by atomic mass is 9.95. The van der Waals surface area contributed by atoms with Crippen molar-refractivity contribution in [1.29, 1.82) is 0 Å². The van der Waals surface area contributed by atoms with Crippen LogP contribution in [0.5, 0.6) is 11.5 Å². The van der Waals surface area contributed by atoms with Gasteiger partial charge in [0.15, 0.2) is 16.3 Å². The van der Waals surface area contributed by atoms with Crippen LogP contribution in [0.1, 0.15) is 36.8 Å². The number of allylic oxidation sites excluding steroid dienone is 1. The minimum atomic E-state index is -0.822. The number of furan rings is 1. The van der Waals surface area contributed by atoms with E-state index in [0.717, 1.165) is 15.6 Å². The summed E-state index contributed by atoms with van der Waals surface area (Å²) in [6, 6.07) is 12.4. The Kier molecular flexibility index (Phi) is 8.40. The number of hydrogen-bond donors (Lipinski definition) is 0. The van der Waals surface area contributed by atoms with Crippen molar-refractivity contribution in [3.05, 3.63) is 99.3 Å². The summed E-state index contributed by atoms with van der Waals surface area (Å²) in [5.74, 6) is 1.60. The highest BCUT2D eigenvalue weighted by Crippen LogP contribution is 2.41. The molecule has 0 spiro atoms. The second-order valence-corrected chi connectivity index (χ2v) is 11.9. The number of hydrogen-bond acceptors (Lipinski definition) is 8. The first kappa shape index (κ1) is 29.1. The van der Waals surface area contributed by atoms with Crippen molar-refractivity contribution in [2.45, 2.75) is 26.8 Å². The standard InChI is InChI=1S/C30H26Br2N2O6S/c1-6-39-29(36)26-16(3)33-30-34(27(26)19-13-23(37-4)24(38-5)14-21(19)32)28(35)25(41-30)12-17-8-10-22(40-17)18-9-7-15(2)11-20(18)31/h7-14,27H,6H2,1-5H3/b25-12-/t27-/m1/s1. The Morgan fingerprint density at radius 1 is 1.07 bits per heavy atom. The lowest BCUT2D eigenvalue weighted by Crippen LogP contribution is -2.40. The molecule has 0 N–H and O–H groups in total. The van der Waals surface area contributed by atoms with Gasteiger partial charge in [-0.15, -0.1) is 0 Å². The molecule has 4 aromatic rings. The quantitative estimate of drug-likeness (QED) is 0.223. The average molecular weight is 702 g/mol. The number of rotatable bonds is 7. The van der Waals surface area contributed by atoms with Gasteiger partial charge in [0, 0.05) is 20.6 Å². The first-order chi connectivity index (χ1) is 19.7. The van der Waals surface area contributed by atoms with Crippen LogP contribution in [0.2, 0.25) is 0 Å². The highest BCUT2D eigenvalue weighted by molar-refractivity contribution is 9.10. The SMILES string of the molecule is CCOC(=O)C1=C(C)N=c2s/c(=C\c3ccc(-c4ccc(C)cc4Br)o3)c(=O)n2[C@@H]1c1cc(OC)c(OC)cc1Br. The summed E-state index contributed by atoms with van der Waals surface area (Å²) in [6.45, 7) is 5.67. The summed E-state index contributed by atoms with van der Waals surface area (Å²) in [4.78, 5) is 32.3. The van der Waals surface area contributed by atoms with Gasteiger partial charge < -0.3 is 18.6 Å². The highest BCUT2D eigenvalue weighted by atomic mass is 79.9. The fraction of sp³-hybridized carbons (Fsp3) is 0.233. The summed E-state index contributed by atoms with van der Waals surface area (Å²) in [6.07, 6.45) is 1.69. The van der Waals surface area contributed by atoms with E-state index >= 15 is 0 Å². The minimum absolute atomic E-state index is 0.178. The molecule has 3 heterocycles. The Morgan fingerprint density at radius 2 is 1.80 bits per heavy atom. The lowest BCUT2D eigenvalue weighted by Gasteiger charge is -2.26. The Bertz CT molecular complexity index is 1890. The van der Waals surface area contributed by atoms with Gasteiger partial charge in [-0.2, -0.15) is 0 Å². The van der Waals surface area contributed by atoms with Crippen molar-refractivity contribution in [3.63, 3.8) is 0 Å². The number of aryl methyl sites for hydroxylation is 1. The number of aromatic nitrogens is 1. The predicted molar refractivity (Wildman–Crippen MR) is 164 cm³/mol. The first-order valence-corrected chi connectivity index (χ1v) is 15.0. The molecule has 1 aliphatic rings. The monoisotopic (exact) mass is 700 g/mol. The largest absolute Gasteiger partial charge is 0.493 e. The second kappa shape index (κ2) is 11.8. The number of esters is 1. The maximum atomic E-state index is 14.0. The number of methoxy groups -OCH3 is 2. The second-order valence-electron chi connectivity index (χ2n) is 9.22. The van der Waals surface area contributed by atoms with E-state index in [9.17, 15) is 9.59 Å². The Morgan fingerprint density at radius 3 is 2.49 bits per heavy atom. The van der Waals surface area contributed by atoms with Crippen molar-refractivity contribution >= 4 is 55.2 Å². The summed E-state index contributed by atoms with van der Waals surface area (Å²) in [5, 5.41) is 0. The van der Waals surface area contributed by atoms with Crippen LogP contribution in [0.3, 0.4) is 0 Å². The van der Waals surface area contributed by atoms with Crippen molar-refractivity contribution in [2.24, 2.45) is 4.99 Å². The molecule has 1 atom stereocenters. The molecule has 8 nitrogen and oxygen atoms in total. The minimum Gasteiger partial charge on any atom is -0.493 e. The van der Waals surface area contributed by atoms with Gasteiger partial charge in [0.1, 0.15) is 11.5 Å². The van der Waals surface area contributed by atoms with Gasteiger partial charge in [-0.3, -0.25) is 9.36 Å². The zero-order valence-electron chi connectivity index (χ0n) is 22.9. The van der Waals surface area contributed by atoms with E-state index in [-0.39, 0.29) is 17.7 Å². The number of halogens is 2. The number of ether oxygens (including phenoxy) is 3. The lowest BCUT2D eigenvalue weighted by molar-refractivity contribution is -0.139. The normalized spacial score (nSPS) is 15.0. The van der Waals surface area contributed by atoms with E-state index in [1.165, 1.54) is 23.0 Å². The molecular weight excluding hydrogens is 676 g/mol. The molecule has 0 radical (unpaired) electrons. The molecule has 0 amide bonds. The zero-order valence-corrected chi connectivity index (χ0v) is 26.9. The third-order valence-electron chi connectivity index (χ3n) is 6.60. The van der Waals surface area contributed by atoms with E-state index in [4.69, 9.17) is 18.6 Å². The van der Waals surface area contributed by atoms with Crippen molar-refractivity contribution < 1.29 is 23.4 Å². The van der Waals surface area contributed by atoms with Gasteiger partial charge >= 0.3 is 5.97 Å². The molecule has 11 heteroatoms. The maximum Gasteiger partial charge on any atom is 0.338 e. The number of carbonyl (C=O) groups is 1. The van der Waals surface area contributed by atoms with Gasteiger partial charge in [-0.1, -0.05) is 49.3 Å². The predicted octanol–water partition coefficient (Wildman–Crippen LogP) is 5.91. The maximum absolute atomic E-state index is 14.0. The van der Waals surface area contributed by atoms with E-state index in [2.05, 4.69) is 36.9 Å². The summed E-state index contributed by atoms with van der Waals surface area (Å²) >= 11 is 8.44. The van der Waals surface area contributed by atoms with Gasteiger partial charge in [0.05, 0.1) is 42.7 Å². The van der Waals surface area contributed by atoms with Gasteiger partial charge in [-0.05, 0) is 68.3 Å². The molecule has 41 heavy (non-hydrogen) atoms. The fourth-order valence-corrected chi connectivity index (χ4v) is 6.94. The third kappa shape index (κ3) is 5.45. The molecule has 2 aromatic carbocycles. The van der Waals surface area contributed by atoms with Crippen LogP contribution in [-0.2, 0) is 9.53 Å². The zero-order chi connectivity index (χ0) is 29.4. The van der Waals surface area contributed by atoms with E-state index in [1.807, 2.05) is 37.3 Å². The number of benzene rings is 2. The van der Waals surface area contributed by atoms with Gasteiger partial charge in [0.25, 0.3) is 5.56 Å². The third-order valence-corrected chi connectivity index (χ3v) is 8.93. The van der Waals surface area contributed by atoms with Crippen LogP contribution in [0.4, 0.5) is 0 Å². The van der Waals surface area contributed by atoms with Crippen molar-refractivity contribution in [3.8, 4) is 22.8 Å². The van der Waals surface area contributed by atoms with Crippen molar-refractivity contribution in [1.82, 2.24) is 4.57 Å². The number of fused-ring (bicyclic) bond motifs is 1. The number of carbonyl (C=O) groups excluding carboxylic acids is 1. The summed E-state index contributed by atoms with van der Waals surface area (Å²) in [7, 11) is 3.07. The Labute approximate surface area is 256 Å². The van der Waals surface area contributed by atoms with E-state index in [1.54, 1.807) is 39.2 Å². The molecule has 0 saturated heterocycles. The topological polar surface area (TPSA) is 92.3 Å². The van der Waals surface area contributed by atoms with Crippen LogP contribution >= 0.6 is 43.2 Å². The molecule has 1 aliphatic heterocycles. The molecule has 0 fully saturated rings. The van der Waals surface area contributed by atoms with Gasteiger partial charge in [0.2, 0.25) is 0 Å². The Hall–Kier alpha value is -3.41. The van der Waals surface area contributed by atoms with Gasteiger partial charge in [-0.25, -0.2) is 9.79 Å². The molecule has 212 valence electrons. The fourth-order valence-electron chi connectivity index (χ4n) is 4.69. The van der Waals surface area contributed by atoms with Crippen LogP contribution < -0.4 is 24.4 Å². The molecule has 0 bridgehead atoms. The van der Waals surface area contributed by atoms with Crippen molar-refractivity contribution in [2.75, 3.05) is 20.8 Å². The van der Waals surface area contributed by atoms with Crippen LogP contribution in [0.25, 0.3) is 17.4 Å². The number of thiazole rings is 1. The van der Waals surface area contributed by atoms with Crippen LogP contribution in [0, 0.1) is 6.92 Å². The molecule has 2 aromatic heterocycles. The van der Waals surface area contributed by atoms with E-state index < -0.39 is 12.0 Å². The molecular formula is C30H26Br2N2O6S. The summed E-state index contributed by atoms with van der Waals surface area (Å²) < 4.78 is 26.0. The van der Waals surface area contributed by atoms with Crippen LogP contribution in [-0.4, -0.2) is 31.4 Å². The Balaban J connectivity index is 1.68. The average Bonchev–Trinajstić information content (AvgIpc) is 3.51. The molecule has 0 aliphatic carbocycles. The first-order valence-electron chi connectivity index (χ1n) is 12.6. The molecule has 0 saturated carbocycles. The van der Waals surface area contributed by atoms with E-state index in [0.29, 0.717) is 48.1 Å². The molecule has 5 rings (SSSR count). The number of nitrogens with zero attached hydrogens (tertiary/aromatic N) is 2. The van der Waals surface area contributed by atoms with Crippen LogP contribution in [0.15, 0.2) is 76.9 Å². The molecule has 0 unspecified atom stereocenters. The highest BCUT2D eigenvalue weighted by Gasteiger charge is 2.35.